The third-order valence-electron chi connectivity index (χ3n) is 2.47. The zero-order valence-electron chi connectivity index (χ0n) is 10.3. The summed E-state index contributed by atoms with van der Waals surface area (Å²) in [5.74, 6) is -0.138. The highest BCUT2D eigenvalue weighted by molar-refractivity contribution is 5.91. The number of carbonyl (C=O) groups is 1. The van der Waals surface area contributed by atoms with Crippen molar-refractivity contribution >= 4 is 5.91 Å². The topological polar surface area (TPSA) is 84.4 Å². The molecule has 0 fully saturated rings. The molecule has 0 bridgehead atoms. The minimum Gasteiger partial charge on any atom is -0.393 e. The van der Waals surface area contributed by atoms with E-state index in [9.17, 15) is 4.79 Å². The van der Waals surface area contributed by atoms with Gasteiger partial charge < -0.3 is 20.3 Å². The number of imidazole rings is 1. The number of carbonyl (C=O) groups excluding carboxylic acids is 1. The van der Waals surface area contributed by atoms with E-state index in [1.807, 2.05) is 0 Å². The molecule has 1 heterocycles. The van der Waals surface area contributed by atoms with Gasteiger partial charge >= 0.3 is 0 Å². The van der Waals surface area contributed by atoms with Crippen LogP contribution < -0.4 is 5.73 Å². The Kier molecular flexibility index (Phi) is 5.11. The SMILES string of the molecule is CC(O)CCN(C)C(=O)c1cn(CCN)cn1. The molecule has 6 nitrogen and oxygen atoms in total. The summed E-state index contributed by atoms with van der Waals surface area (Å²) in [6.07, 6.45) is 3.45. The van der Waals surface area contributed by atoms with E-state index in [-0.39, 0.29) is 5.91 Å². The normalized spacial score (nSPS) is 12.5. The van der Waals surface area contributed by atoms with Gasteiger partial charge in [0.2, 0.25) is 0 Å². The molecule has 0 aliphatic carbocycles. The van der Waals surface area contributed by atoms with Crippen molar-refractivity contribution in [2.24, 2.45) is 5.73 Å². The third kappa shape index (κ3) is 4.16. The van der Waals surface area contributed by atoms with E-state index >= 15 is 0 Å². The van der Waals surface area contributed by atoms with Gasteiger partial charge in [-0.1, -0.05) is 0 Å². The molecule has 0 saturated carbocycles. The second-order valence-electron chi connectivity index (χ2n) is 4.15. The summed E-state index contributed by atoms with van der Waals surface area (Å²) in [7, 11) is 1.70. The molecule has 1 aromatic rings. The molecule has 1 unspecified atom stereocenters. The molecule has 3 N–H and O–H groups in total. The first kappa shape index (κ1) is 13.7. The molecule has 0 radical (unpaired) electrons. The van der Waals surface area contributed by atoms with Crippen LogP contribution in [0.15, 0.2) is 12.5 Å². The fraction of sp³-hybridized carbons (Fsp3) is 0.636. The molecular weight excluding hydrogens is 220 g/mol. The first-order chi connectivity index (χ1) is 8.04. The molecule has 0 spiro atoms. The molecule has 0 aliphatic heterocycles. The Balaban J connectivity index is 2.55. The van der Waals surface area contributed by atoms with Gasteiger partial charge in [-0.05, 0) is 13.3 Å². The lowest BCUT2D eigenvalue weighted by atomic mass is 10.2. The fourth-order valence-corrected chi connectivity index (χ4v) is 1.42. The first-order valence-electron chi connectivity index (χ1n) is 5.70. The van der Waals surface area contributed by atoms with E-state index in [0.29, 0.717) is 31.7 Å². The summed E-state index contributed by atoms with van der Waals surface area (Å²) >= 11 is 0. The van der Waals surface area contributed by atoms with E-state index in [2.05, 4.69) is 4.98 Å². The zero-order valence-corrected chi connectivity index (χ0v) is 10.3. The Labute approximate surface area is 101 Å². The molecule has 0 aliphatic rings. The molecule has 0 aromatic carbocycles. The highest BCUT2D eigenvalue weighted by Gasteiger charge is 2.14. The molecule has 0 saturated heterocycles. The lowest BCUT2D eigenvalue weighted by Crippen LogP contribution is -2.29. The summed E-state index contributed by atoms with van der Waals surface area (Å²) in [5, 5.41) is 9.16. The van der Waals surface area contributed by atoms with Crippen molar-refractivity contribution < 1.29 is 9.90 Å². The van der Waals surface area contributed by atoms with Crippen LogP contribution in [0.4, 0.5) is 0 Å². The van der Waals surface area contributed by atoms with E-state index in [1.165, 1.54) is 0 Å². The maximum Gasteiger partial charge on any atom is 0.273 e. The Morgan fingerprint density at radius 1 is 1.71 bits per heavy atom. The van der Waals surface area contributed by atoms with Gasteiger partial charge in [-0.3, -0.25) is 4.79 Å². The van der Waals surface area contributed by atoms with Crippen LogP contribution in [0.2, 0.25) is 0 Å². The molecule has 1 rings (SSSR count). The van der Waals surface area contributed by atoms with Gasteiger partial charge in [-0.25, -0.2) is 4.98 Å². The first-order valence-corrected chi connectivity index (χ1v) is 5.70. The number of hydrogen-bond acceptors (Lipinski definition) is 4. The number of aliphatic hydroxyl groups excluding tert-OH is 1. The van der Waals surface area contributed by atoms with Crippen LogP contribution in [0, 0.1) is 0 Å². The summed E-state index contributed by atoms with van der Waals surface area (Å²) < 4.78 is 1.79. The monoisotopic (exact) mass is 240 g/mol. The van der Waals surface area contributed by atoms with Crippen molar-refractivity contribution in [3.8, 4) is 0 Å². The van der Waals surface area contributed by atoms with Crippen LogP contribution in [-0.2, 0) is 6.54 Å². The summed E-state index contributed by atoms with van der Waals surface area (Å²) in [5.41, 5.74) is 5.82. The fourth-order valence-electron chi connectivity index (χ4n) is 1.42. The third-order valence-corrected chi connectivity index (χ3v) is 2.47. The highest BCUT2D eigenvalue weighted by atomic mass is 16.3. The van der Waals surface area contributed by atoms with Gasteiger partial charge in [0, 0.05) is 32.9 Å². The number of aromatic nitrogens is 2. The second kappa shape index (κ2) is 6.36. The van der Waals surface area contributed by atoms with E-state index in [0.717, 1.165) is 0 Å². The number of amides is 1. The van der Waals surface area contributed by atoms with Gasteiger partial charge in [0.1, 0.15) is 5.69 Å². The Bertz CT molecular complexity index is 362. The van der Waals surface area contributed by atoms with Crippen molar-refractivity contribution in [1.82, 2.24) is 14.5 Å². The molecular formula is C11H20N4O2. The quantitative estimate of drug-likeness (QED) is 0.714. The molecule has 96 valence electrons. The predicted octanol–water partition coefficient (Wildman–Crippen LogP) is -0.315. The summed E-state index contributed by atoms with van der Waals surface area (Å²) in [6, 6.07) is 0. The van der Waals surface area contributed by atoms with E-state index < -0.39 is 6.10 Å². The largest absolute Gasteiger partial charge is 0.393 e. The van der Waals surface area contributed by atoms with Crippen molar-refractivity contribution in [2.75, 3.05) is 20.1 Å². The Morgan fingerprint density at radius 2 is 2.41 bits per heavy atom. The molecule has 17 heavy (non-hydrogen) atoms. The van der Waals surface area contributed by atoms with Gasteiger partial charge in [0.25, 0.3) is 5.91 Å². The van der Waals surface area contributed by atoms with Crippen LogP contribution >= 0.6 is 0 Å². The molecule has 1 aromatic heterocycles. The molecule has 1 amide bonds. The van der Waals surface area contributed by atoms with E-state index in [1.54, 1.807) is 36.0 Å². The van der Waals surface area contributed by atoms with Crippen molar-refractivity contribution in [3.63, 3.8) is 0 Å². The Hall–Kier alpha value is -1.40. The van der Waals surface area contributed by atoms with Crippen LogP contribution in [-0.4, -0.2) is 51.7 Å². The van der Waals surface area contributed by atoms with Gasteiger partial charge in [0.05, 0.1) is 12.4 Å². The van der Waals surface area contributed by atoms with Gasteiger partial charge in [0.15, 0.2) is 0 Å². The number of rotatable bonds is 6. The smallest absolute Gasteiger partial charge is 0.273 e. The zero-order chi connectivity index (χ0) is 12.8. The summed E-state index contributed by atoms with van der Waals surface area (Å²) in [4.78, 5) is 17.5. The lowest BCUT2D eigenvalue weighted by Gasteiger charge is -2.16. The van der Waals surface area contributed by atoms with Crippen molar-refractivity contribution in [2.45, 2.75) is 26.0 Å². The number of nitrogens with zero attached hydrogens (tertiary/aromatic N) is 3. The van der Waals surface area contributed by atoms with Crippen LogP contribution in [0.25, 0.3) is 0 Å². The molecule has 1 atom stereocenters. The standard InChI is InChI=1S/C11H20N4O2/c1-9(16)3-5-14(2)11(17)10-7-15(6-4-12)8-13-10/h7-9,16H,3-6,12H2,1-2H3. The van der Waals surface area contributed by atoms with Gasteiger partial charge in [-0.15, -0.1) is 0 Å². The van der Waals surface area contributed by atoms with Crippen molar-refractivity contribution in [1.29, 1.82) is 0 Å². The highest BCUT2D eigenvalue weighted by Crippen LogP contribution is 2.02. The van der Waals surface area contributed by atoms with Crippen LogP contribution in [0.1, 0.15) is 23.8 Å². The van der Waals surface area contributed by atoms with Crippen LogP contribution in [0.3, 0.4) is 0 Å². The summed E-state index contributed by atoms with van der Waals surface area (Å²) in [6.45, 7) is 3.38. The maximum absolute atomic E-state index is 11.9. The van der Waals surface area contributed by atoms with Crippen LogP contribution in [0.5, 0.6) is 0 Å². The van der Waals surface area contributed by atoms with E-state index in [4.69, 9.17) is 10.8 Å². The molecule has 6 heteroatoms. The van der Waals surface area contributed by atoms with Crippen molar-refractivity contribution in [3.05, 3.63) is 18.2 Å². The second-order valence-corrected chi connectivity index (χ2v) is 4.15. The minimum atomic E-state index is -0.403. The number of hydrogen-bond donors (Lipinski definition) is 2. The minimum absolute atomic E-state index is 0.138. The predicted molar refractivity (Wildman–Crippen MR) is 64.5 cm³/mol. The Morgan fingerprint density at radius 3 is 3.00 bits per heavy atom. The number of aliphatic hydroxyl groups is 1. The number of nitrogens with two attached hydrogens (primary N) is 1. The average molecular weight is 240 g/mol. The maximum atomic E-state index is 11.9. The average Bonchev–Trinajstić information content (AvgIpc) is 2.74. The van der Waals surface area contributed by atoms with Gasteiger partial charge in [-0.2, -0.15) is 0 Å². The lowest BCUT2D eigenvalue weighted by molar-refractivity contribution is 0.0763.